The predicted octanol–water partition coefficient (Wildman–Crippen LogP) is 3.43. The molecule has 6 nitrogen and oxygen atoms in total. The number of nitrogens with zero attached hydrogens (tertiary/aromatic N) is 2. The van der Waals surface area contributed by atoms with E-state index >= 15 is 0 Å². The van der Waals surface area contributed by atoms with Crippen molar-refractivity contribution in [3.8, 4) is 32.6 Å². The lowest BCUT2D eigenvalue weighted by Gasteiger charge is -2.04. The molecule has 2 aliphatic heterocycles. The average molecular weight is 382 g/mol. The Morgan fingerprint density at radius 3 is 1.52 bits per heavy atom. The maximum absolute atomic E-state index is 5.67. The molecule has 2 aliphatic rings. The summed E-state index contributed by atoms with van der Waals surface area (Å²) in [6.45, 7) is 2.81. The second-order valence-electron chi connectivity index (χ2n) is 6.49. The van der Waals surface area contributed by atoms with Gasteiger partial charge in [0.1, 0.15) is 46.9 Å². The van der Waals surface area contributed by atoms with Crippen LogP contribution in [0.4, 0.5) is 0 Å². The molecular formula is C20H18N2O4S. The Kier molecular flexibility index (Phi) is 4.49. The van der Waals surface area contributed by atoms with Crippen molar-refractivity contribution < 1.29 is 18.9 Å². The molecule has 1 aromatic heterocycles. The van der Waals surface area contributed by atoms with Gasteiger partial charge < -0.3 is 18.9 Å². The lowest BCUT2D eigenvalue weighted by molar-refractivity contribution is 0.263. The quantitative estimate of drug-likeness (QED) is 0.556. The van der Waals surface area contributed by atoms with Gasteiger partial charge in [-0.25, -0.2) is 0 Å². The third-order valence-electron chi connectivity index (χ3n) is 4.30. The van der Waals surface area contributed by atoms with Crippen molar-refractivity contribution in [1.29, 1.82) is 0 Å². The first kappa shape index (κ1) is 16.7. The molecule has 5 rings (SSSR count). The zero-order chi connectivity index (χ0) is 18.1. The molecule has 27 heavy (non-hydrogen) atoms. The lowest BCUT2D eigenvalue weighted by atomic mass is 10.2. The number of hydrogen-bond donors (Lipinski definition) is 0. The van der Waals surface area contributed by atoms with E-state index in [9.17, 15) is 0 Å². The van der Waals surface area contributed by atoms with Crippen molar-refractivity contribution in [3.63, 3.8) is 0 Å². The van der Waals surface area contributed by atoms with Gasteiger partial charge in [0.05, 0.1) is 13.2 Å². The van der Waals surface area contributed by atoms with E-state index in [1.807, 2.05) is 48.5 Å². The summed E-state index contributed by atoms with van der Waals surface area (Å²) in [7, 11) is 0. The van der Waals surface area contributed by atoms with Crippen molar-refractivity contribution in [1.82, 2.24) is 10.2 Å². The van der Waals surface area contributed by atoms with Crippen LogP contribution in [0.3, 0.4) is 0 Å². The Balaban J connectivity index is 1.24. The van der Waals surface area contributed by atoms with Crippen LogP contribution < -0.4 is 9.47 Å². The van der Waals surface area contributed by atoms with E-state index in [0.29, 0.717) is 13.2 Å². The minimum absolute atomic E-state index is 0.259. The number of ether oxygens (including phenoxy) is 4. The molecule has 2 unspecified atom stereocenters. The Hall–Kier alpha value is -2.48. The molecule has 0 aliphatic carbocycles. The number of rotatable bonds is 8. The zero-order valence-corrected chi connectivity index (χ0v) is 15.4. The number of hydrogen-bond acceptors (Lipinski definition) is 7. The minimum atomic E-state index is 0.259. The molecule has 0 N–H and O–H groups in total. The first-order valence-corrected chi connectivity index (χ1v) is 9.68. The minimum Gasteiger partial charge on any atom is -0.491 e. The molecule has 138 valence electrons. The van der Waals surface area contributed by atoms with Crippen molar-refractivity contribution >= 4 is 11.3 Å². The molecule has 0 radical (unpaired) electrons. The van der Waals surface area contributed by atoms with Crippen molar-refractivity contribution in [2.75, 3.05) is 26.4 Å². The highest BCUT2D eigenvalue weighted by Crippen LogP contribution is 2.31. The molecule has 7 heteroatoms. The van der Waals surface area contributed by atoms with Gasteiger partial charge in [0.25, 0.3) is 0 Å². The van der Waals surface area contributed by atoms with Crippen LogP contribution in [0, 0.1) is 0 Å². The van der Waals surface area contributed by atoms with Crippen LogP contribution in [-0.2, 0) is 9.47 Å². The molecular weight excluding hydrogens is 364 g/mol. The standard InChI is InChI=1S/C20H18N2O4S/c1-5-15(23-9-17-11-25-17)6-2-13(1)19-21-22-20(27-19)14-3-7-16(8-4-14)24-10-18-12-26-18/h1-8,17-18H,9-12H2. The van der Waals surface area contributed by atoms with Crippen LogP contribution >= 0.6 is 11.3 Å². The van der Waals surface area contributed by atoms with E-state index in [1.54, 1.807) is 11.3 Å². The molecule has 0 saturated carbocycles. The topological polar surface area (TPSA) is 69.3 Å². The Morgan fingerprint density at radius 1 is 0.741 bits per heavy atom. The van der Waals surface area contributed by atoms with E-state index in [-0.39, 0.29) is 12.2 Å². The monoisotopic (exact) mass is 382 g/mol. The van der Waals surface area contributed by atoms with Gasteiger partial charge in [0, 0.05) is 11.1 Å². The van der Waals surface area contributed by atoms with Gasteiger partial charge in [-0.3, -0.25) is 0 Å². The van der Waals surface area contributed by atoms with E-state index in [2.05, 4.69) is 10.2 Å². The SMILES string of the molecule is c1cc(-c2nnc(-c3ccc(OCC4CO4)cc3)s2)ccc1OCC1CO1. The Bertz CT molecular complexity index is 828. The zero-order valence-electron chi connectivity index (χ0n) is 14.5. The van der Waals surface area contributed by atoms with E-state index in [4.69, 9.17) is 18.9 Å². The highest BCUT2D eigenvalue weighted by Gasteiger charge is 2.23. The molecule has 3 heterocycles. The van der Waals surface area contributed by atoms with E-state index in [1.165, 1.54) is 0 Å². The highest BCUT2D eigenvalue weighted by atomic mass is 32.1. The number of benzene rings is 2. The predicted molar refractivity (Wildman–Crippen MR) is 101 cm³/mol. The summed E-state index contributed by atoms with van der Waals surface area (Å²) in [5.41, 5.74) is 2.05. The number of aromatic nitrogens is 2. The molecule has 2 atom stereocenters. The Labute approximate surface area is 160 Å². The maximum atomic E-state index is 5.67. The third-order valence-corrected chi connectivity index (χ3v) is 5.33. The summed E-state index contributed by atoms with van der Waals surface area (Å²) in [5, 5.41) is 10.4. The largest absolute Gasteiger partial charge is 0.491 e. The van der Waals surface area contributed by atoms with Crippen LogP contribution in [0.15, 0.2) is 48.5 Å². The average Bonchev–Trinajstić information content (AvgIpc) is 3.65. The van der Waals surface area contributed by atoms with Gasteiger partial charge in [-0.05, 0) is 48.5 Å². The second-order valence-corrected chi connectivity index (χ2v) is 7.47. The van der Waals surface area contributed by atoms with Crippen LogP contribution in [0.25, 0.3) is 21.1 Å². The van der Waals surface area contributed by atoms with E-state index in [0.717, 1.165) is 45.9 Å². The van der Waals surface area contributed by atoms with Crippen molar-refractivity contribution in [2.45, 2.75) is 12.2 Å². The first-order chi connectivity index (χ1) is 13.3. The van der Waals surface area contributed by atoms with Gasteiger partial charge in [-0.15, -0.1) is 10.2 Å². The van der Waals surface area contributed by atoms with Gasteiger partial charge >= 0.3 is 0 Å². The van der Waals surface area contributed by atoms with Gasteiger partial charge in [-0.2, -0.15) is 0 Å². The first-order valence-electron chi connectivity index (χ1n) is 8.87. The Morgan fingerprint density at radius 2 is 1.15 bits per heavy atom. The fraction of sp³-hybridized carbons (Fsp3) is 0.300. The van der Waals surface area contributed by atoms with Crippen LogP contribution in [0.5, 0.6) is 11.5 Å². The smallest absolute Gasteiger partial charge is 0.148 e. The molecule has 2 aromatic carbocycles. The fourth-order valence-electron chi connectivity index (χ4n) is 2.55. The lowest BCUT2D eigenvalue weighted by Crippen LogP contribution is -2.03. The molecule has 0 spiro atoms. The van der Waals surface area contributed by atoms with Crippen molar-refractivity contribution in [3.05, 3.63) is 48.5 Å². The van der Waals surface area contributed by atoms with Crippen LogP contribution in [0.2, 0.25) is 0 Å². The number of epoxide rings is 2. The van der Waals surface area contributed by atoms with Gasteiger partial charge in [0.2, 0.25) is 0 Å². The van der Waals surface area contributed by atoms with Gasteiger partial charge in [-0.1, -0.05) is 11.3 Å². The molecule has 2 fully saturated rings. The summed E-state index contributed by atoms with van der Waals surface area (Å²) in [4.78, 5) is 0. The maximum Gasteiger partial charge on any atom is 0.148 e. The normalized spacial score (nSPS) is 20.3. The molecule has 0 amide bonds. The van der Waals surface area contributed by atoms with Crippen molar-refractivity contribution in [2.24, 2.45) is 0 Å². The second kappa shape index (κ2) is 7.26. The fourth-order valence-corrected chi connectivity index (χ4v) is 3.41. The van der Waals surface area contributed by atoms with E-state index < -0.39 is 0 Å². The highest BCUT2D eigenvalue weighted by molar-refractivity contribution is 7.17. The molecule has 2 saturated heterocycles. The molecule has 3 aromatic rings. The summed E-state index contributed by atoms with van der Waals surface area (Å²) in [5.74, 6) is 1.68. The summed E-state index contributed by atoms with van der Waals surface area (Å²) in [6.07, 6.45) is 0.517. The van der Waals surface area contributed by atoms with Crippen LogP contribution in [0.1, 0.15) is 0 Å². The third kappa shape index (κ3) is 4.27. The van der Waals surface area contributed by atoms with Crippen LogP contribution in [-0.4, -0.2) is 48.8 Å². The summed E-state index contributed by atoms with van der Waals surface area (Å²) >= 11 is 1.56. The summed E-state index contributed by atoms with van der Waals surface area (Å²) in [6, 6.07) is 15.8. The summed E-state index contributed by atoms with van der Waals surface area (Å²) < 4.78 is 21.6. The molecule has 0 bridgehead atoms. The van der Waals surface area contributed by atoms with Gasteiger partial charge in [0.15, 0.2) is 0 Å².